The zero-order chi connectivity index (χ0) is 14.9. The lowest BCUT2D eigenvalue weighted by Gasteiger charge is -2.13. The largest absolute Gasteiger partial charge is 0.489 e. The second kappa shape index (κ2) is 5.67. The summed E-state index contributed by atoms with van der Waals surface area (Å²) in [6.45, 7) is 5.32. The second-order valence-corrected chi connectivity index (χ2v) is 5.15. The number of Topliss-reactive ketones (excluding diaryl/α,β-unsaturated/α-hetero) is 1. The molecular weight excluding hydrogens is 278 g/mol. The van der Waals surface area contributed by atoms with Gasteiger partial charge in [0.1, 0.15) is 5.75 Å². The number of carbonyl (C=O) groups excluding carboxylic acids is 1. The minimum absolute atomic E-state index is 0.0170. The molecular formula is C15H16ClNO3. The molecule has 0 amide bonds. The zero-order valence-electron chi connectivity index (χ0n) is 11.9. The topological polar surface area (TPSA) is 48.4 Å². The van der Waals surface area contributed by atoms with Crippen LogP contribution in [0.15, 0.2) is 18.2 Å². The number of halogens is 1. The highest BCUT2D eigenvalue weighted by Gasteiger charge is 2.14. The van der Waals surface area contributed by atoms with E-state index in [4.69, 9.17) is 21.1 Å². The summed E-state index contributed by atoms with van der Waals surface area (Å²) in [5.74, 6) is 0.775. The van der Waals surface area contributed by atoms with Crippen molar-refractivity contribution >= 4 is 28.3 Å². The summed E-state index contributed by atoms with van der Waals surface area (Å²) in [7, 11) is 1.49. The molecule has 0 fully saturated rings. The predicted molar refractivity (Wildman–Crippen MR) is 79.1 cm³/mol. The van der Waals surface area contributed by atoms with Gasteiger partial charge in [0, 0.05) is 11.5 Å². The van der Waals surface area contributed by atoms with E-state index in [1.165, 1.54) is 14.0 Å². The lowest BCUT2D eigenvalue weighted by atomic mass is 10.1. The lowest BCUT2D eigenvalue weighted by Crippen LogP contribution is -2.06. The number of nitrogens with zero attached hydrogens (tertiary/aromatic N) is 1. The van der Waals surface area contributed by atoms with Gasteiger partial charge in [0.15, 0.2) is 5.78 Å². The van der Waals surface area contributed by atoms with Gasteiger partial charge in [0.25, 0.3) is 0 Å². The fraction of sp³-hybridized carbons (Fsp3) is 0.333. The Hall–Kier alpha value is -1.81. The van der Waals surface area contributed by atoms with E-state index in [0.29, 0.717) is 27.7 Å². The van der Waals surface area contributed by atoms with E-state index in [-0.39, 0.29) is 11.9 Å². The first-order valence-electron chi connectivity index (χ1n) is 6.28. The summed E-state index contributed by atoms with van der Waals surface area (Å²) in [5, 5.41) is 1.27. The van der Waals surface area contributed by atoms with Crippen LogP contribution in [-0.2, 0) is 0 Å². The Morgan fingerprint density at radius 2 is 2.00 bits per heavy atom. The number of hydrogen-bond acceptors (Lipinski definition) is 4. The Kier molecular flexibility index (Phi) is 4.14. The number of fused-ring (bicyclic) bond motifs is 1. The third-order valence-corrected chi connectivity index (χ3v) is 3.06. The van der Waals surface area contributed by atoms with Gasteiger partial charge >= 0.3 is 0 Å². The van der Waals surface area contributed by atoms with E-state index in [1.54, 1.807) is 18.2 Å². The van der Waals surface area contributed by atoms with Gasteiger partial charge in [-0.25, -0.2) is 4.98 Å². The maximum Gasteiger partial charge on any atom is 0.224 e. The first-order valence-corrected chi connectivity index (χ1v) is 6.66. The van der Waals surface area contributed by atoms with Crippen molar-refractivity contribution in [2.75, 3.05) is 7.11 Å². The van der Waals surface area contributed by atoms with Crippen LogP contribution in [0.2, 0.25) is 5.02 Å². The molecule has 0 spiro atoms. The number of benzene rings is 1. The number of aromatic nitrogens is 1. The van der Waals surface area contributed by atoms with E-state index < -0.39 is 0 Å². The molecule has 0 saturated carbocycles. The van der Waals surface area contributed by atoms with Crippen LogP contribution in [0.4, 0.5) is 0 Å². The standard InChI is InChI=1S/C15H16ClNO3/c1-8(2)20-14-7-13-10(6-12(14)16)5-11(9(3)18)15(17-13)19-4/h5-8H,1-4H3. The molecule has 1 aromatic heterocycles. The third-order valence-electron chi connectivity index (χ3n) is 2.77. The van der Waals surface area contributed by atoms with Crippen LogP contribution in [0, 0.1) is 0 Å². The normalized spacial score (nSPS) is 10.9. The van der Waals surface area contributed by atoms with Gasteiger partial charge in [-0.05, 0) is 32.9 Å². The van der Waals surface area contributed by atoms with Crippen molar-refractivity contribution in [3.63, 3.8) is 0 Å². The maximum absolute atomic E-state index is 11.6. The van der Waals surface area contributed by atoms with Crippen LogP contribution < -0.4 is 9.47 Å². The molecule has 1 aromatic carbocycles. The second-order valence-electron chi connectivity index (χ2n) is 4.74. The summed E-state index contributed by atoms with van der Waals surface area (Å²) < 4.78 is 10.8. The lowest BCUT2D eigenvalue weighted by molar-refractivity contribution is 0.101. The molecule has 20 heavy (non-hydrogen) atoms. The van der Waals surface area contributed by atoms with Crippen molar-refractivity contribution < 1.29 is 14.3 Å². The molecule has 0 N–H and O–H groups in total. The minimum atomic E-state index is -0.102. The predicted octanol–water partition coefficient (Wildman–Crippen LogP) is 3.89. The monoisotopic (exact) mass is 293 g/mol. The average Bonchev–Trinajstić information content (AvgIpc) is 2.37. The van der Waals surface area contributed by atoms with Crippen LogP contribution in [0.1, 0.15) is 31.1 Å². The highest BCUT2D eigenvalue weighted by atomic mass is 35.5. The summed E-state index contributed by atoms with van der Waals surface area (Å²) in [6.07, 6.45) is 0.0170. The number of ketones is 1. The van der Waals surface area contributed by atoms with Crippen molar-refractivity contribution in [1.82, 2.24) is 4.98 Å². The molecule has 0 unspecified atom stereocenters. The highest BCUT2D eigenvalue weighted by Crippen LogP contribution is 2.32. The summed E-state index contributed by atoms with van der Waals surface area (Å²) in [4.78, 5) is 15.9. The Morgan fingerprint density at radius 3 is 2.55 bits per heavy atom. The Morgan fingerprint density at radius 1 is 1.30 bits per heavy atom. The molecule has 106 valence electrons. The first kappa shape index (κ1) is 14.6. The average molecular weight is 294 g/mol. The minimum Gasteiger partial charge on any atom is -0.489 e. The van der Waals surface area contributed by atoms with Crippen molar-refractivity contribution in [2.24, 2.45) is 0 Å². The molecule has 0 aliphatic rings. The molecule has 4 nitrogen and oxygen atoms in total. The summed E-state index contributed by atoms with van der Waals surface area (Å²) in [6, 6.07) is 5.23. The molecule has 5 heteroatoms. The van der Waals surface area contributed by atoms with E-state index in [1.807, 2.05) is 13.8 Å². The highest BCUT2D eigenvalue weighted by molar-refractivity contribution is 6.32. The van der Waals surface area contributed by atoms with Gasteiger partial charge in [0.05, 0.1) is 29.3 Å². The van der Waals surface area contributed by atoms with Gasteiger partial charge in [-0.15, -0.1) is 0 Å². The molecule has 1 heterocycles. The molecule has 0 radical (unpaired) electrons. The number of ether oxygens (including phenoxy) is 2. The fourth-order valence-corrected chi connectivity index (χ4v) is 2.13. The van der Waals surface area contributed by atoms with E-state index >= 15 is 0 Å². The Balaban J connectivity index is 2.63. The summed E-state index contributed by atoms with van der Waals surface area (Å²) >= 11 is 6.18. The van der Waals surface area contributed by atoms with Gasteiger partial charge in [-0.3, -0.25) is 4.79 Å². The third kappa shape index (κ3) is 2.85. The zero-order valence-corrected chi connectivity index (χ0v) is 12.6. The van der Waals surface area contributed by atoms with E-state index in [9.17, 15) is 4.79 Å². The maximum atomic E-state index is 11.6. The Labute approximate surface area is 122 Å². The fourth-order valence-electron chi connectivity index (χ4n) is 1.91. The van der Waals surface area contributed by atoms with Crippen molar-refractivity contribution in [2.45, 2.75) is 26.9 Å². The first-order chi connectivity index (χ1) is 9.42. The van der Waals surface area contributed by atoms with Crippen LogP contribution in [0.25, 0.3) is 10.9 Å². The van der Waals surface area contributed by atoms with Gasteiger partial charge in [0.2, 0.25) is 5.88 Å². The van der Waals surface area contributed by atoms with Crippen LogP contribution in [0.5, 0.6) is 11.6 Å². The van der Waals surface area contributed by atoms with E-state index in [2.05, 4.69) is 4.98 Å². The number of rotatable bonds is 4. The molecule has 2 aromatic rings. The molecule has 0 aliphatic heterocycles. The summed E-state index contributed by atoms with van der Waals surface area (Å²) in [5.41, 5.74) is 1.11. The van der Waals surface area contributed by atoms with E-state index in [0.717, 1.165) is 5.39 Å². The van der Waals surface area contributed by atoms with Crippen LogP contribution in [-0.4, -0.2) is 24.0 Å². The van der Waals surface area contributed by atoms with Crippen LogP contribution in [0.3, 0.4) is 0 Å². The number of pyridine rings is 1. The quantitative estimate of drug-likeness (QED) is 0.803. The molecule has 0 atom stereocenters. The SMILES string of the molecule is COc1nc2cc(OC(C)C)c(Cl)cc2cc1C(C)=O. The molecule has 0 saturated heterocycles. The number of carbonyl (C=O) groups is 1. The molecule has 0 aliphatic carbocycles. The number of hydrogen-bond donors (Lipinski definition) is 0. The van der Waals surface area contributed by atoms with Crippen molar-refractivity contribution in [1.29, 1.82) is 0 Å². The Bertz CT molecular complexity index is 668. The van der Waals surface area contributed by atoms with Gasteiger partial charge in [-0.1, -0.05) is 11.6 Å². The molecule has 2 rings (SSSR count). The van der Waals surface area contributed by atoms with Gasteiger partial charge < -0.3 is 9.47 Å². The van der Waals surface area contributed by atoms with Crippen LogP contribution >= 0.6 is 11.6 Å². The van der Waals surface area contributed by atoms with Crippen molar-refractivity contribution in [3.8, 4) is 11.6 Å². The van der Waals surface area contributed by atoms with Gasteiger partial charge in [-0.2, -0.15) is 0 Å². The number of methoxy groups -OCH3 is 1. The smallest absolute Gasteiger partial charge is 0.224 e. The molecule has 0 bridgehead atoms. The van der Waals surface area contributed by atoms with Crippen molar-refractivity contribution in [3.05, 3.63) is 28.8 Å².